The molecule has 190 valence electrons. The number of benzene rings is 1. The fourth-order valence-electron chi connectivity index (χ4n) is 6.83. The van der Waals surface area contributed by atoms with E-state index in [1.165, 1.54) is 14.0 Å². The van der Waals surface area contributed by atoms with Gasteiger partial charge < -0.3 is 34.5 Å². The molecule has 2 N–H and O–H groups in total. The second kappa shape index (κ2) is 7.86. The molecular weight excluding hydrogens is 470 g/mol. The van der Waals surface area contributed by atoms with Crippen LogP contribution in [0.15, 0.2) is 41.6 Å². The van der Waals surface area contributed by atoms with Crippen LogP contribution < -0.4 is 5.73 Å². The molecule has 5 aliphatic rings. The van der Waals surface area contributed by atoms with Crippen molar-refractivity contribution in [2.45, 2.75) is 36.9 Å². The number of nitrogens with two attached hydrogens (primary N) is 1. The molecule has 3 saturated heterocycles. The van der Waals surface area contributed by atoms with E-state index in [1.54, 1.807) is 9.80 Å². The number of ether oxygens (including phenoxy) is 4. The van der Waals surface area contributed by atoms with Crippen molar-refractivity contribution in [1.82, 2.24) is 9.80 Å². The van der Waals surface area contributed by atoms with Crippen molar-refractivity contribution < 1.29 is 38.1 Å². The van der Waals surface area contributed by atoms with Crippen LogP contribution in [0.3, 0.4) is 0 Å². The number of rotatable bonds is 5. The zero-order valence-corrected chi connectivity index (χ0v) is 20.0. The smallest absolute Gasteiger partial charge is 0.404 e. The number of carbonyl (C=O) groups is 4. The van der Waals surface area contributed by atoms with Gasteiger partial charge in [-0.2, -0.15) is 0 Å². The van der Waals surface area contributed by atoms with Crippen LogP contribution in [0.4, 0.5) is 4.79 Å². The number of fused-ring (bicyclic) bond motifs is 4. The molecule has 4 aliphatic heterocycles. The topological polar surface area (TPSA) is 137 Å². The number of nitrogens with zero attached hydrogens (tertiary/aromatic N) is 2. The first-order chi connectivity index (χ1) is 17.3. The Kier molecular flexibility index (Phi) is 5.05. The van der Waals surface area contributed by atoms with Crippen LogP contribution in [-0.4, -0.2) is 90.4 Å². The number of primary amides is 1. The van der Waals surface area contributed by atoms with Gasteiger partial charge in [0.2, 0.25) is 17.5 Å². The summed E-state index contributed by atoms with van der Waals surface area (Å²) in [5, 5.41) is 0. The molecule has 1 spiro atoms. The van der Waals surface area contributed by atoms with Crippen molar-refractivity contribution >= 4 is 23.6 Å². The molecule has 1 aliphatic carbocycles. The Labute approximate surface area is 207 Å². The summed E-state index contributed by atoms with van der Waals surface area (Å²) >= 11 is 0. The third kappa shape index (κ3) is 2.84. The summed E-state index contributed by atoms with van der Waals surface area (Å²) in [5.41, 5.74) is 5.24. The minimum Gasteiger partial charge on any atom is -0.449 e. The number of hydrogen-bond acceptors (Lipinski definition) is 9. The van der Waals surface area contributed by atoms with Crippen LogP contribution >= 0.6 is 0 Å². The van der Waals surface area contributed by atoms with Gasteiger partial charge >= 0.3 is 6.09 Å². The highest BCUT2D eigenvalue weighted by molar-refractivity contribution is 6.17. The minimum atomic E-state index is -1.78. The molecule has 1 aromatic carbocycles. The van der Waals surface area contributed by atoms with Crippen molar-refractivity contribution in [3.8, 4) is 0 Å². The van der Waals surface area contributed by atoms with Gasteiger partial charge in [0, 0.05) is 26.2 Å². The number of hydrogen-bond donors (Lipinski definition) is 1. The number of carbonyl (C=O) groups excluding carboxylic acids is 4. The first kappa shape index (κ1) is 23.1. The quantitative estimate of drug-likeness (QED) is 0.556. The fourth-order valence-corrected chi connectivity index (χ4v) is 6.83. The van der Waals surface area contributed by atoms with Crippen molar-refractivity contribution in [3.63, 3.8) is 0 Å². The fraction of sp³-hybridized carbons (Fsp3) is 0.520. The number of ketones is 2. The van der Waals surface area contributed by atoms with E-state index in [9.17, 15) is 19.2 Å². The maximum Gasteiger partial charge on any atom is 0.404 e. The van der Waals surface area contributed by atoms with Crippen LogP contribution in [0.2, 0.25) is 0 Å². The van der Waals surface area contributed by atoms with E-state index in [-0.39, 0.29) is 55.2 Å². The second-order valence-corrected chi connectivity index (χ2v) is 9.75. The van der Waals surface area contributed by atoms with Gasteiger partial charge in [-0.15, -0.1) is 0 Å². The van der Waals surface area contributed by atoms with E-state index in [4.69, 9.17) is 24.7 Å². The normalized spacial score (nSPS) is 33.6. The summed E-state index contributed by atoms with van der Waals surface area (Å²) in [7, 11) is 1.47. The maximum absolute atomic E-state index is 14.3. The molecule has 3 fully saturated rings. The molecule has 1 aromatic rings. The highest BCUT2D eigenvalue weighted by Crippen LogP contribution is 2.61. The first-order valence-corrected chi connectivity index (χ1v) is 12.0. The van der Waals surface area contributed by atoms with Gasteiger partial charge in [-0.05, 0) is 12.0 Å². The lowest BCUT2D eigenvalue weighted by atomic mass is 9.73. The number of Topliss-reactive ketones (excluding diaryl/α,β-unsaturated/α-hetero) is 2. The molecule has 0 aromatic heterocycles. The van der Waals surface area contributed by atoms with Crippen LogP contribution in [0.5, 0.6) is 0 Å². The molecule has 1 unspecified atom stereocenters. The summed E-state index contributed by atoms with van der Waals surface area (Å²) < 4.78 is 23.1. The van der Waals surface area contributed by atoms with Crippen molar-refractivity contribution in [3.05, 3.63) is 47.2 Å². The standard InChI is InChI=1S/C25H27N3O8/c1-13(29)28-17-11-27-19-18(16(12-34-23(26)32)24(27,33-2)21(17)28)22(31)25(35-8-9-36-25)15(20(19)30)10-14-6-4-3-5-7-14/h3-7,15-17,21H,8-12H2,1-2H3,(H2,26,32)/t15?,16-,17+,21+,24-,28?/m1/s1. The van der Waals surface area contributed by atoms with E-state index in [0.717, 1.165) is 5.56 Å². The van der Waals surface area contributed by atoms with Crippen LogP contribution in [0.1, 0.15) is 12.5 Å². The molecule has 2 amide bonds. The Morgan fingerprint density at radius 3 is 2.44 bits per heavy atom. The zero-order valence-electron chi connectivity index (χ0n) is 20.0. The number of amides is 2. The highest BCUT2D eigenvalue weighted by atomic mass is 16.7. The van der Waals surface area contributed by atoms with Gasteiger partial charge in [-0.3, -0.25) is 14.4 Å². The van der Waals surface area contributed by atoms with E-state index in [1.807, 2.05) is 30.3 Å². The second-order valence-electron chi connectivity index (χ2n) is 9.75. The molecule has 5 atom stereocenters. The van der Waals surface area contributed by atoms with E-state index >= 15 is 0 Å². The van der Waals surface area contributed by atoms with E-state index < -0.39 is 41.3 Å². The van der Waals surface area contributed by atoms with Crippen LogP contribution in [-0.2, 0) is 39.8 Å². The highest BCUT2D eigenvalue weighted by Gasteiger charge is 2.79. The lowest BCUT2D eigenvalue weighted by Gasteiger charge is -2.41. The zero-order chi connectivity index (χ0) is 25.4. The van der Waals surface area contributed by atoms with Crippen molar-refractivity contribution in [2.24, 2.45) is 17.6 Å². The largest absolute Gasteiger partial charge is 0.449 e. The number of allylic oxidation sites excluding steroid dienone is 1. The first-order valence-electron chi connectivity index (χ1n) is 12.0. The van der Waals surface area contributed by atoms with Gasteiger partial charge in [0.15, 0.2) is 11.5 Å². The molecule has 0 saturated carbocycles. The van der Waals surface area contributed by atoms with Gasteiger partial charge in [0.05, 0.1) is 36.8 Å². The molecule has 0 radical (unpaired) electrons. The molecule has 0 bridgehead atoms. The number of piperazine rings is 1. The lowest BCUT2D eigenvalue weighted by Crippen LogP contribution is -2.56. The Bertz CT molecular complexity index is 1190. The summed E-state index contributed by atoms with van der Waals surface area (Å²) in [6, 6.07) is 8.78. The molecule has 36 heavy (non-hydrogen) atoms. The summed E-state index contributed by atoms with van der Waals surface area (Å²) in [4.78, 5) is 55.9. The maximum atomic E-state index is 14.3. The Hall–Kier alpha value is -3.28. The number of methoxy groups -OCH3 is 1. The van der Waals surface area contributed by atoms with Crippen LogP contribution in [0.25, 0.3) is 0 Å². The van der Waals surface area contributed by atoms with Crippen molar-refractivity contribution in [2.75, 3.05) is 33.5 Å². The van der Waals surface area contributed by atoms with E-state index in [0.29, 0.717) is 6.54 Å². The average Bonchev–Trinajstić information content (AvgIpc) is 3.15. The molecule has 11 heteroatoms. The predicted molar refractivity (Wildman–Crippen MR) is 121 cm³/mol. The monoisotopic (exact) mass is 497 g/mol. The Morgan fingerprint density at radius 1 is 1.14 bits per heavy atom. The van der Waals surface area contributed by atoms with Gasteiger partial charge in [0.1, 0.15) is 12.6 Å². The van der Waals surface area contributed by atoms with Crippen LogP contribution in [0, 0.1) is 11.8 Å². The molecule has 6 rings (SSSR count). The summed E-state index contributed by atoms with van der Waals surface area (Å²) in [5.74, 6) is -4.49. The Morgan fingerprint density at radius 2 is 1.83 bits per heavy atom. The molecule has 11 nitrogen and oxygen atoms in total. The van der Waals surface area contributed by atoms with E-state index in [2.05, 4.69) is 0 Å². The average molecular weight is 498 g/mol. The molecular formula is C25H27N3O8. The van der Waals surface area contributed by atoms with Gasteiger partial charge in [0.25, 0.3) is 0 Å². The Balaban J connectivity index is 1.48. The third-order valence-corrected chi connectivity index (χ3v) is 8.17. The van der Waals surface area contributed by atoms with Crippen molar-refractivity contribution in [1.29, 1.82) is 0 Å². The lowest BCUT2D eigenvalue weighted by molar-refractivity contribution is -0.200. The SMILES string of the molecule is CO[C@@]12[C@H](COC(N)=O)C3=C(C(=O)C(Cc4ccccc4)C4(OCCO4)C3=O)N1C[C@H]1[C@@H]2N1C(C)=O. The van der Waals surface area contributed by atoms with Gasteiger partial charge in [-0.1, -0.05) is 30.3 Å². The summed E-state index contributed by atoms with van der Waals surface area (Å²) in [6.07, 6.45) is -0.777. The predicted octanol–water partition coefficient (Wildman–Crippen LogP) is -0.0230. The summed E-state index contributed by atoms with van der Waals surface area (Å²) in [6.45, 7) is 1.81. The molecule has 4 heterocycles. The van der Waals surface area contributed by atoms with Gasteiger partial charge in [-0.25, -0.2) is 4.79 Å². The third-order valence-electron chi connectivity index (χ3n) is 8.17. The minimum absolute atomic E-state index is 0.140.